The molecule has 5 nitrogen and oxygen atoms in total. The summed E-state index contributed by atoms with van der Waals surface area (Å²) in [5.41, 5.74) is 0. The van der Waals surface area contributed by atoms with Crippen molar-refractivity contribution < 1.29 is 9.53 Å². The predicted molar refractivity (Wildman–Crippen MR) is 66.4 cm³/mol. The Balaban J connectivity index is 2.39. The minimum atomic E-state index is -0.157. The van der Waals surface area contributed by atoms with Gasteiger partial charge in [0.25, 0.3) is 0 Å². The third-order valence-electron chi connectivity index (χ3n) is 1.83. The summed E-state index contributed by atoms with van der Waals surface area (Å²) in [5.74, 6) is 0.145. The molecule has 94 valence electrons. The van der Waals surface area contributed by atoms with Gasteiger partial charge in [0, 0.05) is 25.7 Å². The number of rotatable bonds is 6. The van der Waals surface area contributed by atoms with Gasteiger partial charge < -0.3 is 10.1 Å². The maximum atomic E-state index is 11.5. The van der Waals surface area contributed by atoms with Gasteiger partial charge in [0.1, 0.15) is 11.0 Å². The molecular formula is C10H13Cl2N3O2. The lowest BCUT2D eigenvalue weighted by molar-refractivity contribution is -0.116. The van der Waals surface area contributed by atoms with E-state index in [9.17, 15) is 4.79 Å². The molecule has 1 aromatic rings. The number of carbonyl (C=O) groups excluding carboxylic acids is 1. The monoisotopic (exact) mass is 277 g/mol. The summed E-state index contributed by atoms with van der Waals surface area (Å²) in [4.78, 5) is 19.0. The molecule has 1 heterocycles. The molecule has 0 atom stereocenters. The number of hydrogen-bond donors (Lipinski definition) is 1. The number of carbonyl (C=O) groups is 1. The van der Waals surface area contributed by atoms with E-state index in [1.807, 2.05) is 6.92 Å². The van der Waals surface area contributed by atoms with Crippen LogP contribution in [-0.2, 0) is 9.53 Å². The highest BCUT2D eigenvalue weighted by Crippen LogP contribution is 2.14. The smallest absolute Gasteiger partial charge is 0.225 e. The van der Waals surface area contributed by atoms with Crippen molar-refractivity contribution in [2.75, 3.05) is 18.5 Å². The van der Waals surface area contributed by atoms with E-state index in [0.29, 0.717) is 31.9 Å². The lowest BCUT2D eigenvalue weighted by Gasteiger charge is -2.05. The molecule has 1 rings (SSSR count). The van der Waals surface area contributed by atoms with E-state index in [4.69, 9.17) is 27.9 Å². The minimum absolute atomic E-state index is 0.00196. The molecule has 0 aliphatic carbocycles. The zero-order valence-electron chi connectivity index (χ0n) is 9.37. The van der Waals surface area contributed by atoms with Crippen LogP contribution in [-0.4, -0.2) is 29.1 Å². The van der Waals surface area contributed by atoms with Crippen LogP contribution in [0.3, 0.4) is 0 Å². The molecule has 1 amide bonds. The van der Waals surface area contributed by atoms with Crippen LogP contribution < -0.4 is 5.32 Å². The average Bonchev–Trinajstić information content (AvgIpc) is 2.23. The summed E-state index contributed by atoms with van der Waals surface area (Å²) in [5, 5.41) is 2.78. The molecule has 1 aromatic heterocycles. The maximum Gasteiger partial charge on any atom is 0.225 e. The molecule has 0 aliphatic heterocycles. The lowest BCUT2D eigenvalue weighted by atomic mass is 10.3. The van der Waals surface area contributed by atoms with E-state index in [1.165, 1.54) is 6.07 Å². The molecule has 0 spiro atoms. The van der Waals surface area contributed by atoms with Crippen molar-refractivity contribution in [1.29, 1.82) is 0 Å². The SMILES string of the molecule is CCOCCCC(=O)Nc1cc(Cl)nc(Cl)n1. The molecular weight excluding hydrogens is 265 g/mol. The topological polar surface area (TPSA) is 64.1 Å². The van der Waals surface area contributed by atoms with Crippen LogP contribution in [0, 0.1) is 0 Å². The Labute approximate surface area is 109 Å². The lowest BCUT2D eigenvalue weighted by Crippen LogP contribution is -2.13. The Kier molecular flexibility index (Phi) is 6.18. The average molecular weight is 278 g/mol. The van der Waals surface area contributed by atoms with Gasteiger partial charge in [-0.2, -0.15) is 0 Å². The third-order valence-corrected chi connectivity index (χ3v) is 2.19. The fourth-order valence-electron chi connectivity index (χ4n) is 1.14. The number of aromatic nitrogens is 2. The van der Waals surface area contributed by atoms with E-state index in [1.54, 1.807) is 0 Å². The molecule has 0 aliphatic rings. The first-order chi connectivity index (χ1) is 8.11. The second kappa shape index (κ2) is 7.42. The first kappa shape index (κ1) is 14.2. The highest BCUT2D eigenvalue weighted by molar-refractivity contribution is 6.32. The van der Waals surface area contributed by atoms with Gasteiger partial charge in [-0.05, 0) is 24.9 Å². The van der Waals surface area contributed by atoms with E-state index >= 15 is 0 Å². The van der Waals surface area contributed by atoms with Crippen LogP contribution in [0.1, 0.15) is 19.8 Å². The summed E-state index contributed by atoms with van der Waals surface area (Å²) in [6, 6.07) is 1.44. The van der Waals surface area contributed by atoms with Crippen molar-refractivity contribution >= 4 is 34.9 Å². The largest absolute Gasteiger partial charge is 0.382 e. The standard InChI is InChI=1S/C10H13Cl2N3O2/c1-2-17-5-3-4-9(16)14-8-6-7(11)13-10(12)15-8/h6H,2-5H2,1H3,(H,13,14,15,16). The Morgan fingerprint density at radius 3 is 2.88 bits per heavy atom. The van der Waals surface area contributed by atoms with Gasteiger partial charge >= 0.3 is 0 Å². The van der Waals surface area contributed by atoms with Gasteiger partial charge in [-0.15, -0.1) is 0 Å². The van der Waals surface area contributed by atoms with E-state index < -0.39 is 0 Å². The van der Waals surface area contributed by atoms with E-state index in [0.717, 1.165) is 0 Å². The molecule has 0 bridgehead atoms. The Morgan fingerprint density at radius 1 is 1.47 bits per heavy atom. The highest BCUT2D eigenvalue weighted by Gasteiger charge is 2.06. The second-order valence-corrected chi connectivity index (χ2v) is 3.92. The number of hydrogen-bond acceptors (Lipinski definition) is 4. The first-order valence-corrected chi connectivity index (χ1v) is 5.95. The predicted octanol–water partition coefficient (Wildman–Crippen LogP) is 2.54. The van der Waals surface area contributed by atoms with Crippen molar-refractivity contribution in [3.8, 4) is 0 Å². The quantitative estimate of drug-likeness (QED) is 0.493. The number of ether oxygens (including phenoxy) is 1. The summed E-state index contributed by atoms with van der Waals surface area (Å²) < 4.78 is 5.12. The molecule has 1 N–H and O–H groups in total. The van der Waals surface area contributed by atoms with Crippen LogP contribution in [0.4, 0.5) is 5.82 Å². The second-order valence-electron chi connectivity index (χ2n) is 3.19. The summed E-state index contributed by atoms with van der Waals surface area (Å²) >= 11 is 11.3. The summed E-state index contributed by atoms with van der Waals surface area (Å²) in [7, 11) is 0. The molecule has 17 heavy (non-hydrogen) atoms. The van der Waals surface area contributed by atoms with Crippen molar-refractivity contribution in [2.45, 2.75) is 19.8 Å². The molecule has 0 unspecified atom stereocenters. The zero-order valence-corrected chi connectivity index (χ0v) is 10.9. The highest BCUT2D eigenvalue weighted by atomic mass is 35.5. The number of nitrogens with zero attached hydrogens (tertiary/aromatic N) is 2. The van der Waals surface area contributed by atoms with Crippen molar-refractivity contribution in [2.24, 2.45) is 0 Å². The van der Waals surface area contributed by atoms with Gasteiger partial charge in [0.2, 0.25) is 11.2 Å². The zero-order chi connectivity index (χ0) is 12.7. The van der Waals surface area contributed by atoms with Crippen molar-refractivity contribution in [3.63, 3.8) is 0 Å². The normalized spacial score (nSPS) is 10.3. The number of halogens is 2. The van der Waals surface area contributed by atoms with Gasteiger partial charge in [-0.3, -0.25) is 4.79 Å². The Morgan fingerprint density at radius 2 is 2.24 bits per heavy atom. The number of anilines is 1. The summed E-state index contributed by atoms with van der Waals surface area (Å²) in [6.07, 6.45) is 1.02. The van der Waals surface area contributed by atoms with Gasteiger partial charge in [-0.1, -0.05) is 11.6 Å². The van der Waals surface area contributed by atoms with Crippen molar-refractivity contribution in [3.05, 3.63) is 16.5 Å². The van der Waals surface area contributed by atoms with E-state index in [2.05, 4.69) is 15.3 Å². The van der Waals surface area contributed by atoms with E-state index in [-0.39, 0.29) is 16.3 Å². The third kappa shape index (κ3) is 5.81. The van der Waals surface area contributed by atoms with Gasteiger partial charge in [-0.25, -0.2) is 9.97 Å². The van der Waals surface area contributed by atoms with Crippen LogP contribution in [0.5, 0.6) is 0 Å². The molecule has 0 saturated heterocycles. The van der Waals surface area contributed by atoms with Crippen LogP contribution in [0.15, 0.2) is 6.07 Å². The molecule has 0 fully saturated rings. The van der Waals surface area contributed by atoms with Gasteiger partial charge in [0.05, 0.1) is 0 Å². The molecule has 0 aromatic carbocycles. The Hall–Kier alpha value is -0.910. The maximum absolute atomic E-state index is 11.5. The first-order valence-electron chi connectivity index (χ1n) is 5.19. The molecule has 0 radical (unpaired) electrons. The minimum Gasteiger partial charge on any atom is -0.382 e. The van der Waals surface area contributed by atoms with Gasteiger partial charge in [0.15, 0.2) is 0 Å². The van der Waals surface area contributed by atoms with Crippen LogP contribution in [0.25, 0.3) is 0 Å². The summed E-state index contributed by atoms with van der Waals surface area (Å²) in [6.45, 7) is 3.12. The number of amides is 1. The van der Waals surface area contributed by atoms with Crippen LogP contribution in [0.2, 0.25) is 10.4 Å². The molecule has 7 heteroatoms. The number of nitrogens with one attached hydrogen (secondary N) is 1. The van der Waals surface area contributed by atoms with Crippen LogP contribution >= 0.6 is 23.2 Å². The van der Waals surface area contributed by atoms with Crippen molar-refractivity contribution in [1.82, 2.24) is 9.97 Å². The Bertz CT molecular complexity index is 368. The fraction of sp³-hybridized carbons (Fsp3) is 0.500. The fourth-order valence-corrected chi connectivity index (χ4v) is 1.55. The molecule has 0 saturated carbocycles.